The van der Waals surface area contributed by atoms with Crippen molar-refractivity contribution in [3.8, 4) is 0 Å². The Morgan fingerprint density at radius 1 is 1.04 bits per heavy atom. The lowest BCUT2D eigenvalue weighted by Gasteiger charge is -2.58. The highest BCUT2D eigenvalue weighted by atomic mass is 35.5. The van der Waals surface area contributed by atoms with Crippen molar-refractivity contribution in [3.05, 3.63) is 34.9 Å². The fourth-order valence-electron chi connectivity index (χ4n) is 5.82. The van der Waals surface area contributed by atoms with Crippen molar-refractivity contribution >= 4 is 23.5 Å². The van der Waals surface area contributed by atoms with Crippen molar-refractivity contribution in [3.63, 3.8) is 0 Å². The molecular formula is C19H22ClNO3. The summed E-state index contributed by atoms with van der Waals surface area (Å²) in [6.45, 7) is 0. The van der Waals surface area contributed by atoms with Gasteiger partial charge in [-0.25, -0.2) is 4.79 Å². The van der Waals surface area contributed by atoms with Crippen molar-refractivity contribution < 1.29 is 14.7 Å². The molecule has 4 saturated carbocycles. The number of carboxylic acid groups (broad SMARTS) is 1. The van der Waals surface area contributed by atoms with Crippen LogP contribution >= 0.6 is 11.6 Å². The second-order valence-electron chi connectivity index (χ2n) is 8.03. The predicted molar refractivity (Wildman–Crippen MR) is 90.9 cm³/mol. The van der Waals surface area contributed by atoms with E-state index in [1.54, 1.807) is 24.3 Å². The molecule has 0 unspecified atom stereocenters. The monoisotopic (exact) mass is 347 g/mol. The van der Waals surface area contributed by atoms with Crippen LogP contribution in [0.1, 0.15) is 48.9 Å². The lowest BCUT2D eigenvalue weighted by Crippen LogP contribution is -2.59. The third-order valence-electron chi connectivity index (χ3n) is 6.33. The summed E-state index contributed by atoms with van der Waals surface area (Å²) in [5, 5.41) is 13.2. The Labute approximate surface area is 146 Å². The average molecular weight is 348 g/mol. The first-order chi connectivity index (χ1) is 11.4. The Hall–Kier alpha value is -1.55. The van der Waals surface area contributed by atoms with Crippen LogP contribution in [0, 0.1) is 23.2 Å². The Morgan fingerprint density at radius 2 is 1.54 bits per heavy atom. The molecule has 4 fully saturated rings. The minimum absolute atomic E-state index is 0.261. The van der Waals surface area contributed by atoms with E-state index in [4.69, 9.17) is 11.6 Å². The fourth-order valence-corrected chi connectivity index (χ4v) is 5.95. The molecule has 4 bridgehead atoms. The molecule has 0 saturated heterocycles. The van der Waals surface area contributed by atoms with E-state index in [-0.39, 0.29) is 11.3 Å². The molecule has 2 N–H and O–H groups in total. The predicted octanol–water partition coefficient (Wildman–Crippen LogP) is 3.74. The lowest BCUT2D eigenvalue weighted by molar-refractivity contribution is -0.150. The Bertz CT molecular complexity index is 634. The smallest absolute Gasteiger partial charge is 0.326 e. The standard InChI is InChI=1S/C19H22ClNO3/c20-15-3-1-14(2-4-15)17(22)21-16(18(23)24)19-8-11-5-12(9-19)7-13(6-11)10-19/h1-4,11-13,16H,5-10H2,(H,21,22)(H,23,24)/t11?,12?,13?,16-,19?/m1/s1. The lowest BCUT2D eigenvalue weighted by atomic mass is 9.47. The van der Waals surface area contributed by atoms with Gasteiger partial charge in [0.1, 0.15) is 6.04 Å². The van der Waals surface area contributed by atoms with Crippen molar-refractivity contribution in [2.75, 3.05) is 0 Å². The molecule has 4 aliphatic carbocycles. The van der Waals surface area contributed by atoms with Crippen LogP contribution < -0.4 is 5.32 Å². The molecule has 0 aromatic heterocycles. The highest BCUT2D eigenvalue weighted by Crippen LogP contribution is 2.61. The van der Waals surface area contributed by atoms with Crippen molar-refractivity contribution in [1.82, 2.24) is 5.32 Å². The Kier molecular flexibility index (Phi) is 3.83. The average Bonchev–Trinajstić information content (AvgIpc) is 2.51. The summed E-state index contributed by atoms with van der Waals surface area (Å²) in [6, 6.07) is 5.77. The van der Waals surface area contributed by atoms with E-state index in [2.05, 4.69) is 5.32 Å². The molecule has 0 heterocycles. The van der Waals surface area contributed by atoms with Gasteiger partial charge in [0.05, 0.1) is 0 Å². The zero-order valence-corrected chi connectivity index (χ0v) is 14.3. The van der Waals surface area contributed by atoms with Gasteiger partial charge in [0, 0.05) is 16.0 Å². The highest BCUT2D eigenvalue weighted by molar-refractivity contribution is 6.30. The van der Waals surface area contributed by atoms with Crippen LogP contribution in [0.15, 0.2) is 24.3 Å². The highest BCUT2D eigenvalue weighted by Gasteiger charge is 2.56. The zero-order chi connectivity index (χ0) is 16.9. The van der Waals surface area contributed by atoms with E-state index in [9.17, 15) is 14.7 Å². The summed E-state index contributed by atoms with van der Waals surface area (Å²) in [6.07, 6.45) is 6.56. The molecule has 0 aliphatic heterocycles. The summed E-state index contributed by atoms with van der Waals surface area (Å²) in [5.41, 5.74) is 0.193. The molecule has 4 nitrogen and oxygen atoms in total. The molecule has 4 aliphatic rings. The van der Waals surface area contributed by atoms with Gasteiger partial charge in [-0.2, -0.15) is 0 Å². The fraction of sp³-hybridized carbons (Fsp3) is 0.579. The van der Waals surface area contributed by atoms with Crippen LogP contribution in [0.4, 0.5) is 0 Å². The number of rotatable bonds is 4. The van der Waals surface area contributed by atoms with Gasteiger partial charge in [0.25, 0.3) is 5.91 Å². The van der Waals surface area contributed by atoms with Gasteiger partial charge in [-0.1, -0.05) is 11.6 Å². The van der Waals surface area contributed by atoms with E-state index in [0.29, 0.717) is 28.3 Å². The molecule has 24 heavy (non-hydrogen) atoms. The van der Waals surface area contributed by atoms with E-state index >= 15 is 0 Å². The van der Waals surface area contributed by atoms with Crippen molar-refractivity contribution in [2.24, 2.45) is 23.2 Å². The Balaban J connectivity index is 1.57. The summed E-state index contributed by atoms with van der Waals surface area (Å²) in [7, 11) is 0. The number of nitrogens with one attached hydrogen (secondary N) is 1. The number of carbonyl (C=O) groups excluding carboxylic acids is 1. The number of carboxylic acids is 1. The summed E-state index contributed by atoms with van der Waals surface area (Å²) < 4.78 is 0. The van der Waals surface area contributed by atoms with E-state index in [1.807, 2.05) is 0 Å². The molecule has 5 rings (SSSR count). The maximum Gasteiger partial charge on any atom is 0.326 e. The number of amides is 1. The third kappa shape index (κ3) is 2.71. The van der Waals surface area contributed by atoms with Gasteiger partial charge in [-0.3, -0.25) is 4.79 Å². The summed E-state index contributed by atoms with van der Waals surface area (Å²) in [5.74, 6) is 0.704. The van der Waals surface area contributed by atoms with E-state index in [0.717, 1.165) is 19.3 Å². The number of hydrogen-bond acceptors (Lipinski definition) is 2. The maximum atomic E-state index is 12.5. The molecule has 1 amide bonds. The maximum absolute atomic E-state index is 12.5. The van der Waals surface area contributed by atoms with Crippen LogP contribution in [-0.4, -0.2) is 23.0 Å². The molecular weight excluding hydrogens is 326 g/mol. The minimum Gasteiger partial charge on any atom is -0.480 e. The SMILES string of the molecule is O=C(N[C@H](C(=O)O)C12CC3CC(CC(C3)C1)C2)c1ccc(Cl)cc1. The van der Waals surface area contributed by atoms with Crippen LogP contribution in [-0.2, 0) is 4.79 Å². The van der Waals surface area contributed by atoms with Gasteiger partial charge >= 0.3 is 5.97 Å². The van der Waals surface area contributed by atoms with Gasteiger partial charge in [0.2, 0.25) is 0 Å². The summed E-state index contributed by atoms with van der Waals surface area (Å²) in [4.78, 5) is 24.5. The van der Waals surface area contributed by atoms with Gasteiger partial charge in [-0.05, 0) is 80.5 Å². The second-order valence-corrected chi connectivity index (χ2v) is 8.47. The molecule has 1 aromatic carbocycles. The van der Waals surface area contributed by atoms with Gasteiger partial charge in [-0.15, -0.1) is 0 Å². The number of benzene rings is 1. The van der Waals surface area contributed by atoms with E-state index < -0.39 is 12.0 Å². The molecule has 1 aromatic rings. The van der Waals surface area contributed by atoms with E-state index in [1.165, 1.54) is 19.3 Å². The largest absolute Gasteiger partial charge is 0.480 e. The van der Waals surface area contributed by atoms with Gasteiger partial charge < -0.3 is 10.4 Å². The third-order valence-corrected chi connectivity index (χ3v) is 6.58. The number of carbonyl (C=O) groups is 2. The van der Waals surface area contributed by atoms with Crippen molar-refractivity contribution in [2.45, 2.75) is 44.6 Å². The Morgan fingerprint density at radius 3 is 2.00 bits per heavy atom. The second kappa shape index (κ2) is 5.76. The quantitative estimate of drug-likeness (QED) is 0.871. The molecule has 128 valence electrons. The number of hydrogen-bond donors (Lipinski definition) is 2. The van der Waals surface area contributed by atoms with Crippen molar-refractivity contribution in [1.29, 1.82) is 0 Å². The topological polar surface area (TPSA) is 66.4 Å². The molecule has 5 heteroatoms. The normalized spacial score (nSPS) is 34.8. The molecule has 0 radical (unpaired) electrons. The van der Waals surface area contributed by atoms with Crippen LogP contribution in [0.25, 0.3) is 0 Å². The van der Waals surface area contributed by atoms with Crippen LogP contribution in [0.2, 0.25) is 5.02 Å². The summed E-state index contributed by atoms with van der Waals surface area (Å²) >= 11 is 5.86. The number of aliphatic carboxylic acids is 1. The zero-order valence-electron chi connectivity index (χ0n) is 13.5. The number of halogens is 1. The molecule has 1 atom stereocenters. The first-order valence-corrected chi connectivity index (χ1v) is 9.12. The first kappa shape index (κ1) is 15.9. The van der Waals surface area contributed by atoms with Gasteiger partial charge in [0.15, 0.2) is 0 Å². The minimum atomic E-state index is -0.903. The first-order valence-electron chi connectivity index (χ1n) is 8.74. The van der Waals surface area contributed by atoms with Crippen LogP contribution in [0.3, 0.4) is 0 Å². The van der Waals surface area contributed by atoms with Crippen LogP contribution in [0.5, 0.6) is 0 Å². The molecule has 0 spiro atoms.